The lowest BCUT2D eigenvalue weighted by Gasteiger charge is -2.32. The van der Waals surface area contributed by atoms with E-state index < -0.39 is 0 Å². The van der Waals surface area contributed by atoms with E-state index in [1.807, 2.05) is 24.5 Å². The molecule has 3 nitrogen and oxygen atoms in total. The number of hydrogen-bond donors (Lipinski definition) is 0. The molecule has 0 heterocycles. The van der Waals surface area contributed by atoms with Gasteiger partial charge in [0.2, 0.25) is 0 Å². The molecule has 20 heavy (non-hydrogen) atoms. The molecular formula is C16H22O3S. The summed E-state index contributed by atoms with van der Waals surface area (Å²) in [6.07, 6.45) is 6.31. The van der Waals surface area contributed by atoms with E-state index in [0.717, 1.165) is 25.0 Å². The second-order valence-corrected chi connectivity index (χ2v) is 5.94. The SMILES string of the molecule is CSCOc1ccccc1[C@@H]1CCCC[C@H]1OC(C)=O. The Hall–Kier alpha value is -1.16. The molecule has 1 fully saturated rings. The molecule has 0 N–H and O–H groups in total. The van der Waals surface area contributed by atoms with Crippen molar-refractivity contribution in [2.75, 3.05) is 12.2 Å². The van der Waals surface area contributed by atoms with Gasteiger partial charge in [-0.05, 0) is 31.6 Å². The van der Waals surface area contributed by atoms with E-state index >= 15 is 0 Å². The van der Waals surface area contributed by atoms with Gasteiger partial charge in [-0.25, -0.2) is 0 Å². The predicted molar refractivity (Wildman–Crippen MR) is 82.2 cm³/mol. The summed E-state index contributed by atoms with van der Waals surface area (Å²) in [5.74, 6) is 1.63. The molecule has 0 amide bonds. The Kier molecular flexibility index (Phi) is 5.77. The number of para-hydroxylation sites is 1. The van der Waals surface area contributed by atoms with Crippen LogP contribution in [-0.4, -0.2) is 24.3 Å². The van der Waals surface area contributed by atoms with Crippen molar-refractivity contribution in [1.29, 1.82) is 0 Å². The molecule has 0 spiro atoms. The fourth-order valence-corrected chi connectivity index (χ4v) is 3.09. The highest BCUT2D eigenvalue weighted by atomic mass is 32.2. The molecule has 2 atom stereocenters. The maximum Gasteiger partial charge on any atom is 0.302 e. The minimum Gasteiger partial charge on any atom is -0.483 e. The van der Waals surface area contributed by atoms with Gasteiger partial charge in [-0.15, -0.1) is 11.8 Å². The van der Waals surface area contributed by atoms with E-state index in [0.29, 0.717) is 5.94 Å². The third-order valence-electron chi connectivity index (χ3n) is 3.67. The first-order chi connectivity index (χ1) is 9.72. The highest BCUT2D eigenvalue weighted by Gasteiger charge is 2.30. The zero-order valence-corrected chi connectivity index (χ0v) is 12.9. The van der Waals surface area contributed by atoms with Crippen LogP contribution < -0.4 is 4.74 Å². The Balaban J connectivity index is 2.20. The van der Waals surface area contributed by atoms with Crippen LogP contribution in [0.15, 0.2) is 24.3 Å². The van der Waals surface area contributed by atoms with Crippen molar-refractivity contribution in [3.63, 3.8) is 0 Å². The topological polar surface area (TPSA) is 35.5 Å². The van der Waals surface area contributed by atoms with Crippen LogP contribution in [0.4, 0.5) is 0 Å². The molecule has 0 saturated heterocycles. The number of ether oxygens (including phenoxy) is 2. The zero-order valence-electron chi connectivity index (χ0n) is 12.1. The van der Waals surface area contributed by atoms with E-state index in [1.54, 1.807) is 11.8 Å². The number of rotatable bonds is 5. The largest absolute Gasteiger partial charge is 0.483 e. The Morgan fingerprint density at radius 1 is 1.30 bits per heavy atom. The number of hydrogen-bond acceptors (Lipinski definition) is 4. The van der Waals surface area contributed by atoms with Gasteiger partial charge in [0, 0.05) is 18.4 Å². The molecule has 0 unspecified atom stereocenters. The van der Waals surface area contributed by atoms with E-state index in [4.69, 9.17) is 9.47 Å². The standard InChI is InChI=1S/C16H22O3S/c1-12(17)19-16-10-6-4-8-14(16)13-7-3-5-9-15(13)18-11-20-2/h3,5,7,9,14,16H,4,6,8,10-11H2,1-2H3/t14-,16+/m0/s1. The zero-order chi connectivity index (χ0) is 14.4. The van der Waals surface area contributed by atoms with Gasteiger partial charge in [-0.1, -0.05) is 24.6 Å². The van der Waals surface area contributed by atoms with Gasteiger partial charge >= 0.3 is 5.97 Å². The van der Waals surface area contributed by atoms with Crippen molar-refractivity contribution in [3.8, 4) is 5.75 Å². The normalized spacial score (nSPS) is 22.3. The van der Waals surface area contributed by atoms with Gasteiger partial charge in [-0.3, -0.25) is 4.79 Å². The van der Waals surface area contributed by atoms with Crippen LogP contribution >= 0.6 is 11.8 Å². The minimum atomic E-state index is -0.190. The summed E-state index contributed by atoms with van der Waals surface area (Å²) < 4.78 is 11.3. The van der Waals surface area contributed by atoms with Crippen LogP contribution in [0.2, 0.25) is 0 Å². The molecule has 1 aliphatic carbocycles. The van der Waals surface area contributed by atoms with Gasteiger partial charge in [0.05, 0.1) is 0 Å². The van der Waals surface area contributed by atoms with Crippen molar-refractivity contribution < 1.29 is 14.3 Å². The average Bonchev–Trinajstić information content (AvgIpc) is 2.45. The van der Waals surface area contributed by atoms with E-state index in [9.17, 15) is 4.79 Å². The summed E-state index contributed by atoms with van der Waals surface area (Å²) in [6.45, 7) is 1.49. The molecule has 0 radical (unpaired) electrons. The maximum atomic E-state index is 11.3. The number of esters is 1. The summed E-state index contributed by atoms with van der Waals surface area (Å²) >= 11 is 1.66. The number of benzene rings is 1. The fourth-order valence-electron chi connectivity index (χ4n) is 2.85. The molecule has 4 heteroatoms. The van der Waals surface area contributed by atoms with E-state index in [2.05, 4.69) is 6.07 Å². The first-order valence-electron chi connectivity index (χ1n) is 7.10. The Morgan fingerprint density at radius 2 is 2.05 bits per heavy atom. The minimum absolute atomic E-state index is 0.0136. The van der Waals surface area contributed by atoms with Gasteiger partial charge < -0.3 is 9.47 Å². The summed E-state index contributed by atoms with van der Waals surface area (Å²) in [5.41, 5.74) is 1.17. The highest BCUT2D eigenvalue weighted by molar-refractivity contribution is 7.98. The average molecular weight is 294 g/mol. The molecular weight excluding hydrogens is 272 g/mol. The van der Waals surface area contributed by atoms with Crippen molar-refractivity contribution in [1.82, 2.24) is 0 Å². The second-order valence-electron chi connectivity index (χ2n) is 5.13. The van der Waals surface area contributed by atoms with Crippen LogP contribution in [0.25, 0.3) is 0 Å². The second kappa shape index (κ2) is 7.58. The van der Waals surface area contributed by atoms with Gasteiger partial charge in [-0.2, -0.15) is 0 Å². The fraction of sp³-hybridized carbons (Fsp3) is 0.562. The number of carbonyl (C=O) groups excluding carboxylic acids is 1. The molecule has 110 valence electrons. The van der Waals surface area contributed by atoms with E-state index in [-0.39, 0.29) is 18.0 Å². The lowest BCUT2D eigenvalue weighted by atomic mass is 9.81. The van der Waals surface area contributed by atoms with Crippen molar-refractivity contribution >= 4 is 17.7 Å². The molecule has 2 rings (SSSR count). The molecule has 1 aromatic carbocycles. The van der Waals surface area contributed by atoms with Crippen molar-refractivity contribution in [2.45, 2.75) is 44.6 Å². The molecule has 1 aliphatic rings. The van der Waals surface area contributed by atoms with Gasteiger partial charge in [0.25, 0.3) is 0 Å². The molecule has 0 aliphatic heterocycles. The monoisotopic (exact) mass is 294 g/mol. The molecule has 0 bridgehead atoms. The molecule has 1 saturated carbocycles. The van der Waals surface area contributed by atoms with Crippen LogP contribution in [0.1, 0.15) is 44.1 Å². The summed E-state index contributed by atoms with van der Waals surface area (Å²) in [6, 6.07) is 8.12. The maximum absolute atomic E-state index is 11.3. The quantitative estimate of drug-likeness (QED) is 0.608. The van der Waals surface area contributed by atoms with Gasteiger partial charge in [0.15, 0.2) is 0 Å². The van der Waals surface area contributed by atoms with Crippen LogP contribution in [0.5, 0.6) is 5.75 Å². The predicted octanol–water partition coefficient (Wildman–Crippen LogP) is 3.98. The molecule has 1 aromatic rings. The van der Waals surface area contributed by atoms with Gasteiger partial charge in [0.1, 0.15) is 17.8 Å². The third-order valence-corrected chi connectivity index (χ3v) is 4.02. The van der Waals surface area contributed by atoms with Crippen LogP contribution in [0.3, 0.4) is 0 Å². The first kappa shape index (κ1) is 15.2. The molecule has 0 aromatic heterocycles. The Labute approximate surface area is 125 Å². The van der Waals surface area contributed by atoms with E-state index in [1.165, 1.54) is 18.9 Å². The van der Waals surface area contributed by atoms with Crippen molar-refractivity contribution in [2.24, 2.45) is 0 Å². The lowest BCUT2D eigenvalue weighted by Crippen LogP contribution is -2.28. The summed E-state index contributed by atoms with van der Waals surface area (Å²) in [4.78, 5) is 11.3. The lowest BCUT2D eigenvalue weighted by molar-refractivity contribution is -0.148. The van der Waals surface area contributed by atoms with Crippen LogP contribution in [0, 0.1) is 0 Å². The Bertz CT molecular complexity index is 447. The van der Waals surface area contributed by atoms with Crippen molar-refractivity contribution in [3.05, 3.63) is 29.8 Å². The van der Waals surface area contributed by atoms with Crippen LogP contribution in [-0.2, 0) is 9.53 Å². The summed E-state index contributed by atoms with van der Waals surface area (Å²) in [5, 5.41) is 0. The number of carbonyl (C=O) groups is 1. The highest BCUT2D eigenvalue weighted by Crippen LogP contribution is 2.39. The third kappa shape index (κ3) is 3.92. The first-order valence-corrected chi connectivity index (χ1v) is 8.49. The smallest absolute Gasteiger partial charge is 0.302 e. The Morgan fingerprint density at radius 3 is 2.80 bits per heavy atom. The summed E-state index contributed by atoms with van der Waals surface area (Å²) in [7, 11) is 0. The number of thioether (sulfide) groups is 1.